The van der Waals surface area contributed by atoms with Crippen LogP contribution in [0.5, 0.6) is 0 Å². The van der Waals surface area contributed by atoms with Crippen LogP contribution in [0, 0.1) is 11.3 Å². The first-order valence-electron chi connectivity index (χ1n) is 6.64. The first-order valence-corrected chi connectivity index (χ1v) is 7.02. The number of aromatic amines is 1. The summed E-state index contributed by atoms with van der Waals surface area (Å²) < 4.78 is 5.20. The zero-order valence-corrected chi connectivity index (χ0v) is 12.6. The highest BCUT2D eigenvalue weighted by Gasteiger charge is 2.20. The Hall–Kier alpha value is -3.51. The van der Waals surface area contributed by atoms with Gasteiger partial charge in [-0.25, -0.2) is 9.97 Å². The number of nitrogens with two attached hydrogens (primary N) is 1. The zero-order chi connectivity index (χ0) is 16.7. The first-order chi connectivity index (χ1) is 11.7. The van der Waals surface area contributed by atoms with Crippen molar-refractivity contribution in [1.82, 2.24) is 30.4 Å². The fourth-order valence-corrected chi connectivity index (χ4v) is 2.58. The number of H-pyrrole nitrogens is 1. The molecule has 0 radical (unpaired) electrons. The van der Waals surface area contributed by atoms with E-state index in [-0.39, 0.29) is 23.1 Å². The summed E-state index contributed by atoms with van der Waals surface area (Å²) in [6.45, 7) is 0. The van der Waals surface area contributed by atoms with E-state index < -0.39 is 0 Å². The minimum atomic E-state index is -0.0232. The first kappa shape index (κ1) is 14.1. The number of hydrogen-bond acceptors (Lipinski definition) is 8. The Bertz CT molecular complexity index is 1100. The second kappa shape index (κ2) is 5.29. The van der Waals surface area contributed by atoms with Crippen LogP contribution >= 0.6 is 11.6 Å². The smallest absolute Gasteiger partial charge is 0.268 e. The molecule has 0 aliphatic heterocycles. The SMILES string of the molecule is N#Cc1nc(-c2cc(Cl)c3[nH]ncc3c2)c(-c2nnco2)nc1N. The molecule has 0 saturated heterocycles. The lowest BCUT2D eigenvalue weighted by molar-refractivity contribution is 0.566. The average Bonchev–Trinajstić information content (AvgIpc) is 3.26. The predicted octanol–water partition coefficient (Wildman–Crippen LogP) is 2.18. The second-order valence-electron chi connectivity index (χ2n) is 4.80. The van der Waals surface area contributed by atoms with Gasteiger partial charge in [-0.15, -0.1) is 10.2 Å². The van der Waals surface area contributed by atoms with E-state index in [1.54, 1.807) is 12.3 Å². The van der Waals surface area contributed by atoms with Gasteiger partial charge in [-0.1, -0.05) is 11.6 Å². The van der Waals surface area contributed by atoms with Crippen molar-refractivity contribution in [3.63, 3.8) is 0 Å². The zero-order valence-electron chi connectivity index (χ0n) is 11.9. The van der Waals surface area contributed by atoms with Crippen LogP contribution in [-0.2, 0) is 0 Å². The number of nitriles is 1. The molecule has 9 nitrogen and oxygen atoms in total. The van der Waals surface area contributed by atoms with Gasteiger partial charge in [0.05, 0.1) is 16.7 Å². The Labute approximate surface area is 139 Å². The number of fused-ring (bicyclic) bond motifs is 1. The Morgan fingerprint density at radius 2 is 2.12 bits per heavy atom. The fourth-order valence-electron chi connectivity index (χ4n) is 2.31. The Morgan fingerprint density at radius 1 is 1.25 bits per heavy atom. The van der Waals surface area contributed by atoms with E-state index in [9.17, 15) is 5.26 Å². The maximum Gasteiger partial charge on any atom is 0.268 e. The van der Waals surface area contributed by atoms with Crippen LogP contribution in [-0.4, -0.2) is 30.4 Å². The number of halogens is 1. The summed E-state index contributed by atoms with van der Waals surface area (Å²) >= 11 is 6.28. The Kier molecular flexibility index (Phi) is 3.11. The number of hydrogen-bond donors (Lipinski definition) is 2. The summed E-state index contributed by atoms with van der Waals surface area (Å²) in [5.74, 6) is 0.113. The van der Waals surface area contributed by atoms with Gasteiger partial charge in [0.25, 0.3) is 5.89 Å². The molecule has 0 atom stereocenters. The minimum absolute atomic E-state index is 0.00308. The quantitative estimate of drug-likeness (QED) is 0.566. The van der Waals surface area contributed by atoms with Gasteiger partial charge in [0.15, 0.2) is 17.2 Å². The Morgan fingerprint density at radius 3 is 2.88 bits per heavy atom. The van der Waals surface area contributed by atoms with Crippen molar-refractivity contribution in [1.29, 1.82) is 5.26 Å². The van der Waals surface area contributed by atoms with E-state index in [2.05, 4.69) is 30.4 Å². The molecule has 3 heterocycles. The van der Waals surface area contributed by atoms with Gasteiger partial charge >= 0.3 is 0 Å². The summed E-state index contributed by atoms with van der Waals surface area (Å²) in [6, 6.07) is 5.40. The molecule has 116 valence electrons. The van der Waals surface area contributed by atoms with Crippen molar-refractivity contribution in [2.75, 3.05) is 5.73 Å². The molecule has 1 aromatic carbocycles. The van der Waals surface area contributed by atoms with Gasteiger partial charge in [0, 0.05) is 10.9 Å². The standard InChI is InChI=1S/C14H7ClN8O/c15-8-2-6(1-7-4-18-22-10(7)8)11-12(14-23-19-5-24-14)21-13(17)9(3-16)20-11/h1-2,4-5H,(H2,17,21)(H,18,22). The van der Waals surface area contributed by atoms with Crippen LogP contribution in [0.3, 0.4) is 0 Å². The molecule has 3 N–H and O–H groups in total. The number of anilines is 1. The van der Waals surface area contributed by atoms with Crippen molar-refractivity contribution >= 4 is 28.3 Å². The fraction of sp³-hybridized carbons (Fsp3) is 0. The molecule has 4 aromatic rings. The van der Waals surface area contributed by atoms with E-state index in [0.717, 1.165) is 5.39 Å². The topological polar surface area (TPSA) is 143 Å². The number of nitrogen functional groups attached to an aromatic ring is 1. The van der Waals surface area contributed by atoms with E-state index in [0.29, 0.717) is 21.8 Å². The third-order valence-electron chi connectivity index (χ3n) is 3.37. The molecule has 4 rings (SSSR count). The van der Waals surface area contributed by atoms with Crippen LogP contribution < -0.4 is 5.73 Å². The largest absolute Gasteiger partial charge is 0.422 e. The number of nitrogens with one attached hydrogen (secondary N) is 1. The van der Waals surface area contributed by atoms with E-state index in [4.69, 9.17) is 21.8 Å². The monoisotopic (exact) mass is 338 g/mol. The molecule has 0 aliphatic rings. The lowest BCUT2D eigenvalue weighted by atomic mass is 10.1. The second-order valence-corrected chi connectivity index (χ2v) is 5.21. The highest BCUT2D eigenvalue weighted by atomic mass is 35.5. The number of benzene rings is 1. The van der Waals surface area contributed by atoms with Crippen molar-refractivity contribution in [3.8, 4) is 28.9 Å². The van der Waals surface area contributed by atoms with Crippen LogP contribution in [0.15, 0.2) is 29.1 Å². The van der Waals surface area contributed by atoms with E-state index in [1.807, 2.05) is 12.1 Å². The van der Waals surface area contributed by atoms with Crippen LogP contribution in [0.2, 0.25) is 5.02 Å². The molecular weight excluding hydrogens is 332 g/mol. The minimum Gasteiger partial charge on any atom is -0.422 e. The van der Waals surface area contributed by atoms with Crippen molar-refractivity contribution < 1.29 is 4.42 Å². The summed E-state index contributed by atoms with van der Waals surface area (Å²) in [5.41, 5.74) is 7.70. The molecule has 3 aromatic heterocycles. The predicted molar refractivity (Wildman–Crippen MR) is 84.5 cm³/mol. The summed E-state index contributed by atoms with van der Waals surface area (Å²) in [5, 5.41) is 24.7. The molecule has 0 unspecified atom stereocenters. The lowest BCUT2D eigenvalue weighted by Gasteiger charge is -2.08. The number of rotatable bonds is 2. The van der Waals surface area contributed by atoms with Gasteiger partial charge in [-0.3, -0.25) is 5.10 Å². The third kappa shape index (κ3) is 2.13. The highest BCUT2D eigenvalue weighted by molar-refractivity contribution is 6.35. The van der Waals surface area contributed by atoms with Gasteiger partial charge in [-0.05, 0) is 12.1 Å². The van der Waals surface area contributed by atoms with Crippen LogP contribution in [0.4, 0.5) is 5.82 Å². The van der Waals surface area contributed by atoms with E-state index >= 15 is 0 Å². The van der Waals surface area contributed by atoms with Gasteiger partial charge in [0.2, 0.25) is 6.39 Å². The van der Waals surface area contributed by atoms with Gasteiger partial charge in [0.1, 0.15) is 11.8 Å². The molecule has 0 spiro atoms. The molecule has 0 aliphatic carbocycles. The molecule has 0 bridgehead atoms. The molecule has 0 fully saturated rings. The molecule has 0 saturated carbocycles. The normalized spacial score (nSPS) is 10.8. The number of nitrogens with zero attached hydrogens (tertiary/aromatic N) is 6. The van der Waals surface area contributed by atoms with Crippen LogP contribution in [0.25, 0.3) is 33.7 Å². The van der Waals surface area contributed by atoms with E-state index in [1.165, 1.54) is 6.39 Å². The highest BCUT2D eigenvalue weighted by Crippen LogP contribution is 2.33. The average molecular weight is 339 g/mol. The molecule has 10 heteroatoms. The summed E-state index contributed by atoms with van der Waals surface area (Å²) in [4.78, 5) is 8.47. The molecular formula is C14H7ClN8O. The summed E-state index contributed by atoms with van der Waals surface area (Å²) in [6.07, 6.45) is 2.80. The van der Waals surface area contributed by atoms with Crippen molar-refractivity contribution in [2.45, 2.75) is 0 Å². The van der Waals surface area contributed by atoms with Gasteiger partial charge in [-0.2, -0.15) is 10.4 Å². The van der Waals surface area contributed by atoms with Gasteiger partial charge < -0.3 is 10.2 Å². The lowest BCUT2D eigenvalue weighted by Crippen LogP contribution is -2.03. The van der Waals surface area contributed by atoms with Crippen molar-refractivity contribution in [2.24, 2.45) is 0 Å². The molecule has 0 amide bonds. The summed E-state index contributed by atoms with van der Waals surface area (Å²) in [7, 11) is 0. The van der Waals surface area contributed by atoms with Crippen molar-refractivity contribution in [3.05, 3.63) is 35.4 Å². The van der Waals surface area contributed by atoms with Crippen LogP contribution in [0.1, 0.15) is 5.69 Å². The Balaban J connectivity index is 2.03. The number of aromatic nitrogens is 6. The third-order valence-corrected chi connectivity index (χ3v) is 3.66. The maximum absolute atomic E-state index is 9.18. The maximum atomic E-state index is 9.18. The molecule has 24 heavy (non-hydrogen) atoms.